The quantitative estimate of drug-likeness (QED) is 0.774. The average Bonchev–Trinajstić information content (AvgIpc) is 2.69. The number of amides is 1. The lowest BCUT2D eigenvalue weighted by Gasteiger charge is -2.26. The van der Waals surface area contributed by atoms with Crippen LogP contribution in [0.15, 0.2) is 12.1 Å². The van der Waals surface area contributed by atoms with E-state index in [-0.39, 0.29) is 24.3 Å². The van der Waals surface area contributed by atoms with E-state index in [9.17, 15) is 13.2 Å². The molecular formula is C16H22ClNO3S. The van der Waals surface area contributed by atoms with Gasteiger partial charge in [-0.25, -0.2) is 8.42 Å². The van der Waals surface area contributed by atoms with E-state index in [4.69, 9.17) is 10.7 Å². The highest BCUT2D eigenvalue weighted by molar-refractivity contribution is 8.14. The van der Waals surface area contributed by atoms with E-state index >= 15 is 0 Å². The maximum atomic E-state index is 12.2. The first-order valence-electron chi connectivity index (χ1n) is 7.27. The van der Waals surface area contributed by atoms with Crippen molar-refractivity contribution < 1.29 is 13.2 Å². The van der Waals surface area contributed by atoms with Crippen LogP contribution in [0.3, 0.4) is 0 Å². The molecular weight excluding hydrogens is 322 g/mol. The maximum Gasteiger partial charge on any atom is 0.237 e. The largest absolute Gasteiger partial charge is 0.310 e. The zero-order chi connectivity index (χ0) is 16.9. The number of rotatable bonds is 2. The predicted octanol–water partition coefficient (Wildman–Crippen LogP) is 3.27. The van der Waals surface area contributed by atoms with Crippen molar-refractivity contribution >= 4 is 31.3 Å². The minimum absolute atomic E-state index is 0.0189. The predicted molar refractivity (Wildman–Crippen MR) is 90.1 cm³/mol. The van der Waals surface area contributed by atoms with Gasteiger partial charge in [-0.05, 0) is 36.0 Å². The Bertz CT molecular complexity index is 696. The van der Waals surface area contributed by atoms with Gasteiger partial charge >= 0.3 is 0 Å². The molecule has 22 heavy (non-hydrogen) atoms. The van der Waals surface area contributed by atoms with Crippen LogP contribution in [-0.4, -0.2) is 26.1 Å². The molecule has 1 fully saturated rings. The Hall–Kier alpha value is -1.07. The summed E-state index contributed by atoms with van der Waals surface area (Å²) in [6, 6.07) is 4.14. The van der Waals surface area contributed by atoms with E-state index < -0.39 is 14.3 Å². The van der Waals surface area contributed by atoms with Gasteiger partial charge in [0, 0.05) is 29.3 Å². The number of halogens is 1. The number of aryl methyl sites for hydroxylation is 2. The van der Waals surface area contributed by atoms with Crippen LogP contribution in [-0.2, 0) is 19.3 Å². The molecule has 1 aromatic carbocycles. The second kappa shape index (κ2) is 5.53. The average molecular weight is 344 g/mol. The molecule has 0 radical (unpaired) electrons. The molecule has 1 heterocycles. The molecule has 1 amide bonds. The molecule has 0 aliphatic carbocycles. The molecule has 0 bridgehead atoms. The van der Waals surface area contributed by atoms with Crippen molar-refractivity contribution in [3.8, 4) is 0 Å². The molecule has 6 heteroatoms. The smallest absolute Gasteiger partial charge is 0.237 e. The van der Waals surface area contributed by atoms with Crippen LogP contribution < -0.4 is 4.90 Å². The van der Waals surface area contributed by atoms with Gasteiger partial charge in [-0.2, -0.15) is 0 Å². The highest BCUT2D eigenvalue weighted by Gasteiger charge is 2.39. The van der Waals surface area contributed by atoms with E-state index in [2.05, 4.69) is 32.9 Å². The fraction of sp³-hybridized carbons (Fsp3) is 0.562. The van der Waals surface area contributed by atoms with Gasteiger partial charge in [0.2, 0.25) is 15.0 Å². The normalized spacial score (nSPS) is 19.8. The van der Waals surface area contributed by atoms with Crippen molar-refractivity contribution in [1.29, 1.82) is 0 Å². The number of hydrogen-bond acceptors (Lipinski definition) is 3. The Morgan fingerprint density at radius 2 is 1.68 bits per heavy atom. The molecule has 1 unspecified atom stereocenters. The topological polar surface area (TPSA) is 54.5 Å². The van der Waals surface area contributed by atoms with Crippen LogP contribution in [0, 0.1) is 13.8 Å². The SMILES string of the molecule is Cc1cc(C(C)(C)C)cc(C)c1N1CC(S(=O)(=O)Cl)CC1=O. The van der Waals surface area contributed by atoms with Gasteiger partial charge in [-0.3, -0.25) is 4.79 Å². The van der Waals surface area contributed by atoms with Crippen molar-refractivity contribution in [3.63, 3.8) is 0 Å². The van der Waals surface area contributed by atoms with Crippen LogP contribution in [0.1, 0.15) is 43.9 Å². The highest BCUT2D eigenvalue weighted by atomic mass is 35.7. The van der Waals surface area contributed by atoms with Crippen LogP contribution in [0.25, 0.3) is 0 Å². The van der Waals surface area contributed by atoms with E-state index in [0.717, 1.165) is 16.8 Å². The molecule has 1 aromatic rings. The first-order valence-corrected chi connectivity index (χ1v) is 9.64. The number of carbonyl (C=O) groups is 1. The third-order valence-electron chi connectivity index (χ3n) is 4.11. The Morgan fingerprint density at radius 3 is 2.05 bits per heavy atom. The molecule has 122 valence electrons. The van der Waals surface area contributed by atoms with Gasteiger partial charge in [-0.1, -0.05) is 32.9 Å². The number of nitrogens with zero attached hydrogens (tertiary/aromatic N) is 1. The zero-order valence-corrected chi connectivity index (χ0v) is 15.2. The van der Waals surface area contributed by atoms with Crippen molar-refractivity contribution in [2.24, 2.45) is 0 Å². The molecule has 1 aliphatic heterocycles. The summed E-state index contributed by atoms with van der Waals surface area (Å²) in [5, 5.41) is -0.831. The van der Waals surface area contributed by atoms with Crippen LogP contribution >= 0.6 is 10.7 Å². The minimum atomic E-state index is -3.72. The van der Waals surface area contributed by atoms with Gasteiger partial charge in [0.25, 0.3) is 0 Å². The summed E-state index contributed by atoms with van der Waals surface area (Å²) >= 11 is 0. The lowest BCUT2D eigenvalue weighted by molar-refractivity contribution is -0.117. The summed E-state index contributed by atoms with van der Waals surface area (Å²) in [7, 11) is 1.69. The van der Waals surface area contributed by atoms with E-state index in [0.29, 0.717) is 0 Å². The first kappa shape index (κ1) is 17.3. The monoisotopic (exact) mass is 343 g/mol. The number of carbonyl (C=O) groups excluding carboxylic acids is 1. The summed E-state index contributed by atoms with van der Waals surface area (Å²) in [4.78, 5) is 13.8. The molecule has 2 rings (SSSR count). The number of anilines is 1. The Balaban J connectivity index is 2.44. The van der Waals surface area contributed by atoms with Gasteiger partial charge in [-0.15, -0.1) is 0 Å². The lowest BCUT2D eigenvalue weighted by atomic mass is 9.84. The third kappa shape index (κ3) is 3.30. The van der Waals surface area contributed by atoms with E-state index in [1.807, 2.05) is 13.8 Å². The summed E-state index contributed by atoms with van der Waals surface area (Å²) in [6.07, 6.45) is -0.0499. The van der Waals surface area contributed by atoms with Crippen LogP contribution in [0.2, 0.25) is 0 Å². The van der Waals surface area contributed by atoms with Crippen molar-refractivity contribution in [2.45, 2.75) is 51.7 Å². The molecule has 0 spiro atoms. The summed E-state index contributed by atoms with van der Waals surface area (Å²) in [6.45, 7) is 10.4. The van der Waals surface area contributed by atoms with Crippen LogP contribution in [0.4, 0.5) is 5.69 Å². The molecule has 4 nitrogen and oxygen atoms in total. The Labute approximate surface area is 136 Å². The fourth-order valence-electron chi connectivity index (χ4n) is 2.89. The van der Waals surface area contributed by atoms with E-state index in [1.165, 1.54) is 5.56 Å². The van der Waals surface area contributed by atoms with Gasteiger partial charge in [0.15, 0.2) is 0 Å². The van der Waals surface area contributed by atoms with Crippen molar-refractivity contribution in [1.82, 2.24) is 0 Å². The molecule has 1 atom stereocenters. The molecule has 0 saturated carbocycles. The zero-order valence-electron chi connectivity index (χ0n) is 13.6. The second-order valence-electron chi connectivity index (χ2n) is 7.01. The summed E-state index contributed by atoms with van der Waals surface area (Å²) in [5.41, 5.74) is 3.97. The Kier molecular flexibility index (Phi) is 4.35. The van der Waals surface area contributed by atoms with Crippen molar-refractivity contribution in [2.75, 3.05) is 11.4 Å². The molecule has 0 N–H and O–H groups in total. The lowest BCUT2D eigenvalue weighted by Crippen LogP contribution is -2.28. The maximum absolute atomic E-state index is 12.2. The minimum Gasteiger partial charge on any atom is -0.310 e. The second-order valence-corrected chi connectivity index (χ2v) is 9.92. The first-order chi connectivity index (χ1) is 9.91. The standard InChI is InChI=1S/C16H22ClNO3S/c1-10-6-12(16(3,4)5)7-11(2)15(10)18-9-13(8-14(18)19)22(17,20)21/h6-7,13H,8-9H2,1-5H3. The summed E-state index contributed by atoms with van der Waals surface area (Å²) < 4.78 is 23.0. The Morgan fingerprint density at radius 1 is 1.18 bits per heavy atom. The summed E-state index contributed by atoms with van der Waals surface area (Å²) in [5.74, 6) is -0.191. The highest BCUT2D eigenvalue weighted by Crippen LogP contribution is 2.35. The van der Waals surface area contributed by atoms with Gasteiger partial charge in [0.1, 0.15) is 5.25 Å². The fourth-order valence-corrected chi connectivity index (χ4v) is 3.92. The number of hydrogen-bond donors (Lipinski definition) is 0. The van der Waals surface area contributed by atoms with Crippen molar-refractivity contribution in [3.05, 3.63) is 28.8 Å². The van der Waals surface area contributed by atoms with E-state index in [1.54, 1.807) is 4.90 Å². The van der Waals surface area contributed by atoms with Gasteiger partial charge in [0.05, 0.1) is 0 Å². The van der Waals surface area contributed by atoms with Crippen LogP contribution in [0.5, 0.6) is 0 Å². The molecule has 0 aromatic heterocycles. The molecule has 1 aliphatic rings. The van der Waals surface area contributed by atoms with Gasteiger partial charge < -0.3 is 4.90 Å². The third-order valence-corrected chi connectivity index (χ3v) is 5.98. The molecule has 1 saturated heterocycles. The number of benzene rings is 1.